The zero-order chi connectivity index (χ0) is 14.4. The first kappa shape index (κ1) is 14.2. The van der Waals surface area contributed by atoms with Crippen molar-refractivity contribution in [2.75, 3.05) is 13.2 Å². The smallest absolute Gasteiger partial charge is 0.407 e. The fraction of sp³-hybridized carbons (Fsp3) is 0.333. The number of rotatable bonds is 4. The van der Waals surface area contributed by atoms with Gasteiger partial charge in [-0.15, -0.1) is 0 Å². The van der Waals surface area contributed by atoms with Gasteiger partial charge in [0.05, 0.1) is 24.2 Å². The van der Waals surface area contributed by atoms with Crippen LogP contribution in [0.25, 0.3) is 0 Å². The van der Waals surface area contributed by atoms with Crippen molar-refractivity contribution < 1.29 is 23.9 Å². The number of non-ortho nitro benzene ring substituents is 1. The molecule has 1 fully saturated rings. The second-order valence-corrected chi connectivity index (χ2v) is 4.10. The summed E-state index contributed by atoms with van der Waals surface area (Å²) in [7, 11) is 0. The number of nitro groups is 1. The minimum atomic E-state index is -0.595. The molecule has 1 aliphatic heterocycles. The maximum absolute atomic E-state index is 11.5. The van der Waals surface area contributed by atoms with Crippen molar-refractivity contribution in [2.24, 2.45) is 0 Å². The van der Waals surface area contributed by atoms with Gasteiger partial charge in [-0.3, -0.25) is 10.1 Å². The molecule has 0 aliphatic carbocycles. The Balaban J connectivity index is 1.76. The largest absolute Gasteiger partial charge is 0.445 e. The molecule has 1 saturated heterocycles. The third-order valence-corrected chi connectivity index (χ3v) is 2.57. The van der Waals surface area contributed by atoms with Crippen LogP contribution in [0, 0.1) is 16.9 Å². The van der Waals surface area contributed by atoms with Crippen molar-refractivity contribution in [3.8, 4) is 0 Å². The van der Waals surface area contributed by atoms with Gasteiger partial charge >= 0.3 is 6.09 Å². The fourth-order valence-electron chi connectivity index (χ4n) is 1.56. The van der Waals surface area contributed by atoms with Crippen LogP contribution in [0.1, 0.15) is 5.56 Å². The second kappa shape index (κ2) is 6.83. The summed E-state index contributed by atoms with van der Waals surface area (Å²) < 4.78 is 14.8. The highest BCUT2D eigenvalue weighted by Crippen LogP contribution is 2.12. The lowest BCUT2D eigenvalue weighted by Crippen LogP contribution is -2.43. The summed E-state index contributed by atoms with van der Waals surface area (Å²) in [6.45, 7) is 1.91. The number of hydrogen-bond donors (Lipinski definition) is 1. The highest BCUT2D eigenvalue weighted by Gasteiger charge is 2.17. The Morgan fingerprint density at radius 2 is 2.00 bits per heavy atom. The minimum absolute atomic E-state index is 0.00838. The SMILES string of the molecule is O=C(NC1CO[CH]OC1)OCc1ccc([N+](=O)[O-])cc1. The summed E-state index contributed by atoms with van der Waals surface area (Å²) in [5.74, 6) is 0. The predicted molar refractivity (Wildman–Crippen MR) is 66.4 cm³/mol. The van der Waals surface area contributed by atoms with Crippen molar-refractivity contribution >= 4 is 11.8 Å². The van der Waals surface area contributed by atoms with E-state index in [1.807, 2.05) is 0 Å². The quantitative estimate of drug-likeness (QED) is 0.660. The van der Waals surface area contributed by atoms with Crippen LogP contribution in [0.4, 0.5) is 10.5 Å². The Hall–Kier alpha value is -2.19. The average molecular weight is 281 g/mol. The Kier molecular flexibility index (Phi) is 4.85. The van der Waals surface area contributed by atoms with Gasteiger partial charge in [0.15, 0.2) is 0 Å². The van der Waals surface area contributed by atoms with Gasteiger partial charge in [-0.2, -0.15) is 0 Å². The molecular formula is C12H13N2O6. The Labute approximate surface area is 114 Å². The number of carbonyl (C=O) groups excluding carboxylic acids is 1. The van der Waals surface area contributed by atoms with E-state index in [0.717, 1.165) is 0 Å². The zero-order valence-corrected chi connectivity index (χ0v) is 10.5. The zero-order valence-electron chi connectivity index (χ0n) is 10.5. The number of nitrogens with one attached hydrogen (secondary N) is 1. The summed E-state index contributed by atoms with van der Waals surface area (Å²) in [6.07, 6.45) is -0.595. The third-order valence-electron chi connectivity index (χ3n) is 2.57. The van der Waals surface area contributed by atoms with Crippen molar-refractivity contribution in [3.05, 3.63) is 46.7 Å². The number of nitrogens with zero attached hydrogens (tertiary/aromatic N) is 1. The number of benzene rings is 1. The molecule has 8 heteroatoms. The minimum Gasteiger partial charge on any atom is -0.445 e. The van der Waals surface area contributed by atoms with E-state index in [0.29, 0.717) is 18.8 Å². The van der Waals surface area contributed by atoms with Crippen LogP contribution in [0.3, 0.4) is 0 Å². The molecule has 0 saturated carbocycles. The molecule has 1 aromatic rings. The molecule has 2 rings (SSSR count). The number of carbonyl (C=O) groups is 1. The Morgan fingerprint density at radius 1 is 1.35 bits per heavy atom. The van der Waals surface area contributed by atoms with Crippen molar-refractivity contribution in [3.63, 3.8) is 0 Å². The molecule has 0 unspecified atom stereocenters. The molecule has 0 aromatic heterocycles. The lowest BCUT2D eigenvalue weighted by atomic mass is 10.2. The number of ether oxygens (including phenoxy) is 3. The maximum atomic E-state index is 11.5. The van der Waals surface area contributed by atoms with E-state index >= 15 is 0 Å². The highest BCUT2D eigenvalue weighted by atomic mass is 16.7. The number of nitro benzene ring substituents is 1. The first-order valence-corrected chi connectivity index (χ1v) is 5.86. The third kappa shape index (κ3) is 4.18. The van der Waals surface area contributed by atoms with Gasteiger partial charge in [0.1, 0.15) is 6.61 Å². The molecule has 1 amide bonds. The normalized spacial score (nSPS) is 15.6. The molecule has 8 nitrogen and oxygen atoms in total. The van der Waals surface area contributed by atoms with Crippen LogP contribution < -0.4 is 5.32 Å². The molecule has 1 heterocycles. The van der Waals surface area contributed by atoms with E-state index in [-0.39, 0.29) is 18.3 Å². The average Bonchev–Trinajstić information content (AvgIpc) is 2.46. The second-order valence-electron chi connectivity index (χ2n) is 4.10. The molecular weight excluding hydrogens is 268 g/mol. The van der Waals surface area contributed by atoms with E-state index in [4.69, 9.17) is 14.2 Å². The van der Waals surface area contributed by atoms with Crippen LogP contribution in [-0.4, -0.2) is 30.3 Å². The van der Waals surface area contributed by atoms with E-state index < -0.39 is 11.0 Å². The predicted octanol–water partition coefficient (Wildman–Crippen LogP) is 1.36. The van der Waals surface area contributed by atoms with E-state index in [1.54, 1.807) is 0 Å². The van der Waals surface area contributed by atoms with Gasteiger partial charge in [-0.25, -0.2) is 4.79 Å². The molecule has 0 bridgehead atoms. The molecule has 1 aromatic carbocycles. The summed E-state index contributed by atoms with van der Waals surface area (Å²) in [6, 6.07) is 5.52. The van der Waals surface area contributed by atoms with Gasteiger partial charge < -0.3 is 19.5 Å². The maximum Gasteiger partial charge on any atom is 0.407 e. The van der Waals surface area contributed by atoms with Crippen molar-refractivity contribution in [1.82, 2.24) is 5.32 Å². The molecule has 0 atom stereocenters. The van der Waals surface area contributed by atoms with Gasteiger partial charge in [0.2, 0.25) is 6.79 Å². The molecule has 0 spiro atoms. The van der Waals surface area contributed by atoms with Crippen molar-refractivity contribution in [2.45, 2.75) is 12.6 Å². The summed E-state index contributed by atoms with van der Waals surface area (Å²) in [5.41, 5.74) is 0.654. The lowest BCUT2D eigenvalue weighted by molar-refractivity contribution is -0.384. The highest BCUT2D eigenvalue weighted by molar-refractivity contribution is 5.67. The molecule has 1 radical (unpaired) electrons. The van der Waals surface area contributed by atoms with Gasteiger partial charge in [-0.05, 0) is 17.7 Å². The Morgan fingerprint density at radius 3 is 2.60 bits per heavy atom. The van der Waals surface area contributed by atoms with Crippen LogP contribution in [0.5, 0.6) is 0 Å². The fourth-order valence-corrected chi connectivity index (χ4v) is 1.56. The number of alkyl carbamates (subject to hydrolysis) is 1. The van der Waals surface area contributed by atoms with Crippen LogP contribution >= 0.6 is 0 Å². The summed E-state index contributed by atoms with van der Waals surface area (Å²) in [4.78, 5) is 21.5. The van der Waals surface area contributed by atoms with E-state index in [2.05, 4.69) is 5.32 Å². The first-order valence-electron chi connectivity index (χ1n) is 5.86. The molecule has 20 heavy (non-hydrogen) atoms. The lowest BCUT2D eigenvalue weighted by Gasteiger charge is -2.22. The van der Waals surface area contributed by atoms with Crippen molar-refractivity contribution in [1.29, 1.82) is 0 Å². The summed E-state index contributed by atoms with van der Waals surface area (Å²) >= 11 is 0. The van der Waals surface area contributed by atoms with Crippen LogP contribution in [-0.2, 0) is 20.8 Å². The van der Waals surface area contributed by atoms with Crippen LogP contribution in [0.15, 0.2) is 24.3 Å². The van der Waals surface area contributed by atoms with Crippen LogP contribution in [0.2, 0.25) is 0 Å². The van der Waals surface area contributed by atoms with Gasteiger partial charge in [0, 0.05) is 12.1 Å². The monoisotopic (exact) mass is 281 g/mol. The summed E-state index contributed by atoms with van der Waals surface area (Å²) in [5, 5.41) is 13.1. The Bertz CT molecular complexity index is 469. The van der Waals surface area contributed by atoms with Gasteiger partial charge in [0.25, 0.3) is 5.69 Å². The molecule has 107 valence electrons. The van der Waals surface area contributed by atoms with Gasteiger partial charge in [-0.1, -0.05) is 0 Å². The number of amides is 1. The molecule has 1 N–H and O–H groups in total. The van der Waals surface area contributed by atoms with E-state index in [1.165, 1.54) is 31.1 Å². The first-order chi connectivity index (χ1) is 9.65. The number of hydrogen-bond acceptors (Lipinski definition) is 6. The topological polar surface area (TPSA) is 99.9 Å². The molecule has 1 aliphatic rings. The standard InChI is InChI=1S/C12H13N2O6/c15-12(13-10-6-18-8-19-7-10)20-5-9-1-3-11(4-2-9)14(16)17/h1-4,8,10H,5-7H2,(H,13,15). The van der Waals surface area contributed by atoms with E-state index in [9.17, 15) is 14.9 Å².